The van der Waals surface area contributed by atoms with Gasteiger partial charge in [0, 0.05) is 13.1 Å². The maximum Gasteiger partial charge on any atom is 0.329 e. The van der Waals surface area contributed by atoms with Gasteiger partial charge in [0.15, 0.2) is 0 Å². The maximum absolute atomic E-state index is 14.2. The summed E-state index contributed by atoms with van der Waals surface area (Å²) in [5.74, 6) is -0.0583. The monoisotopic (exact) mass is 379 g/mol. The topological polar surface area (TPSA) is 58.3 Å². The van der Waals surface area contributed by atoms with Crippen LogP contribution in [0.5, 0.6) is 5.75 Å². The molecule has 2 aliphatic rings. The molecular formula is C15H11BrFN3O3. The zero-order chi connectivity index (χ0) is 15.9. The Kier molecular flexibility index (Phi) is 2.54. The third kappa shape index (κ3) is 1.55. The first kappa shape index (κ1) is 13.5. The second-order valence-corrected chi connectivity index (χ2v) is 6.65. The van der Waals surface area contributed by atoms with Gasteiger partial charge in [0.1, 0.15) is 23.7 Å². The molecule has 5 rings (SSSR count). The Morgan fingerprint density at radius 1 is 1.43 bits per heavy atom. The third-order valence-corrected chi connectivity index (χ3v) is 5.40. The minimum atomic E-state index is -0.443. The summed E-state index contributed by atoms with van der Waals surface area (Å²) in [4.78, 5) is 17.1. The molecule has 2 aromatic heterocycles. The van der Waals surface area contributed by atoms with E-state index in [1.807, 2.05) is 0 Å². The molecule has 0 radical (unpaired) electrons. The second-order valence-electron chi connectivity index (χ2n) is 5.86. The van der Waals surface area contributed by atoms with E-state index in [0.717, 1.165) is 5.52 Å². The van der Waals surface area contributed by atoms with Crippen LogP contribution in [0.4, 0.5) is 4.39 Å². The van der Waals surface area contributed by atoms with Crippen molar-refractivity contribution in [1.29, 1.82) is 0 Å². The van der Waals surface area contributed by atoms with E-state index < -0.39 is 5.82 Å². The van der Waals surface area contributed by atoms with Gasteiger partial charge in [0.25, 0.3) is 0 Å². The van der Waals surface area contributed by atoms with Crippen LogP contribution in [0, 0.1) is 5.82 Å². The van der Waals surface area contributed by atoms with Crippen LogP contribution in [0.25, 0.3) is 21.9 Å². The van der Waals surface area contributed by atoms with Crippen LogP contribution in [0.2, 0.25) is 0 Å². The van der Waals surface area contributed by atoms with Crippen molar-refractivity contribution in [3.63, 3.8) is 0 Å². The molecule has 4 heterocycles. The number of hydrogen-bond acceptors (Lipinski definition) is 4. The number of halogens is 2. The summed E-state index contributed by atoms with van der Waals surface area (Å²) in [5.41, 5.74) is 1.73. The van der Waals surface area contributed by atoms with Crippen LogP contribution in [-0.2, 0) is 11.8 Å². The lowest BCUT2D eigenvalue weighted by Crippen LogP contribution is -2.34. The number of hydrogen-bond donors (Lipinski definition) is 0. The molecule has 1 saturated heterocycles. The van der Waals surface area contributed by atoms with Crippen LogP contribution >= 0.6 is 15.9 Å². The lowest BCUT2D eigenvalue weighted by Gasteiger charge is -2.18. The highest BCUT2D eigenvalue weighted by molar-refractivity contribution is 9.10. The molecule has 23 heavy (non-hydrogen) atoms. The molecular weight excluding hydrogens is 369 g/mol. The normalized spacial score (nSPS) is 22.6. The predicted octanol–water partition coefficient (Wildman–Crippen LogP) is 2.12. The lowest BCUT2D eigenvalue weighted by molar-refractivity contribution is 0.139. The molecule has 0 aliphatic carbocycles. The minimum absolute atomic E-state index is 0.147. The van der Waals surface area contributed by atoms with Crippen LogP contribution in [0.3, 0.4) is 0 Å². The molecule has 0 unspecified atom stereocenters. The molecule has 3 aromatic rings. The van der Waals surface area contributed by atoms with Gasteiger partial charge in [0.2, 0.25) is 0 Å². The Bertz CT molecular complexity index is 1060. The Labute approximate surface area is 137 Å². The van der Waals surface area contributed by atoms with Crippen LogP contribution < -0.4 is 10.4 Å². The first-order valence-corrected chi connectivity index (χ1v) is 7.99. The van der Waals surface area contributed by atoms with E-state index in [1.165, 1.54) is 6.07 Å². The fraction of sp³-hybridized carbons (Fsp3) is 0.333. The van der Waals surface area contributed by atoms with Crippen LogP contribution in [0.15, 0.2) is 21.5 Å². The van der Waals surface area contributed by atoms with E-state index in [-0.39, 0.29) is 22.3 Å². The van der Waals surface area contributed by atoms with Crippen molar-refractivity contribution in [2.45, 2.75) is 12.1 Å². The van der Waals surface area contributed by atoms with Crippen LogP contribution in [-0.4, -0.2) is 33.4 Å². The summed E-state index contributed by atoms with van der Waals surface area (Å²) in [5, 5.41) is 0.655. The molecule has 2 atom stereocenters. The standard InChI is InChI=1S/C15H11BrFN3O3/c1-19-8-3-18-7-2-6(17)12(16)14-11(7)13(8)20(15(19)21)9-4-22-5-10(9)23-14/h2-3,9-10H,4-5H2,1H3/t9-,10-/m1/s1. The van der Waals surface area contributed by atoms with Gasteiger partial charge in [-0.3, -0.25) is 14.1 Å². The summed E-state index contributed by atoms with van der Waals surface area (Å²) in [6.45, 7) is 0.751. The minimum Gasteiger partial charge on any atom is -0.484 e. The zero-order valence-corrected chi connectivity index (χ0v) is 13.6. The Balaban J connectivity index is 2.09. The molecule has 8 heteroatoms. The highest BCUT2D eigenvalue weighted by Gasteiger charge is 2.39. The van der Waals surface area contributed by atoms with Gasteiger partial charge >= 0.3 is 5.69 Å². The number of imidazole rings is 1. The smallest absolute Gasteiger partial charge is 0.329 e. The van der Waals surface area contributed by atoms with Gasteiger partial charge in [-0.25, -0.2) is 9.18 Å². The first-order chi connectivity index (χ1) is 11.1. The van der Waals surface area contributed by atoms with E-state index in [1.54, 1.807) is 22.4 Å². The van der Waals surface area contributed by atoms with Crippen molar-refractivity contribution < 1.29 is 13.9 Å². The van der Waals surface area contributed by atoms with Gasteiger partial charge in [-0.05, 0) is 15.9 Å². The summed E-state index contributed by atoms with van der Waals surface area (Å²) >= 11 is 3.27. The second kappa shape index (κ2) is 4.33. The molecule has 0 spiro atoms. The fourth-order valence-corrected chi connectivity index (χ4v) is 3.94. The zero-order valence-electron chi connectivity index (χ0n) is 12.0. The van der Waals surface area contributed by atoms with Gasteiger partial charge in [0.05, 0.1) is 45.8 Å². The van der Waals surface area contributed by atoms with Gasteiger partial charge < -0.3 is 9.47 Å². The summed E-state index contributed by atoms with van der Waals surface area (Å²) < 4.78 is 29.3. The van der Waals surface area contributed by atoms with E-state index in [2.05, 4.69) is 20.9 Å². The highest BCUT2D eigenvalue weighted by atomic mass is 79.9. The largest absolute Gasteiger partial charge is 0.484 e. The number of nitrogens with zero attached hydrogens (tertiary/aromatic N) is 3. The number of aromatic nitrogens is 3. The molecule has 1 aromatic carbocycles. The van der Waals surface area contributed by atoms with Crippen molar-refractivity contribution in [3.8, 4) is 5.75 Å². The first-order valence-electron chi connectivity index (χ1n) is 7.20. The fourth-order valence-electron chi connectivity index (χ4n) is 3.54. The average molecular weight is 380 g/mol. The Morgan fingerprint density at radius 2 is 2.26 bits per heavy atom. The van der Waals surface area contributed by atoms with Crippen molar-refractivity contribution in [2.24, 2.45) is 7.05 Å². The SMILES string of the molecule is Cn1c(=O)n2c3c4c(c(Br)c(F)cc4ncc31)O[C@@H]1COC[C@H]12. The van der Waals surface area contributed by atoms with Crippen molar-refractivity contribution in [2.75, 3.05) is 13.2 Å². The Morgan fingerprint density at radius 3 is 3.09 bits per heavy atom. The number of aryl methyl sites for hydroxylation is 1. The Hall–Kier alpha value is -1.93. The highest BCUT2D eigenvalue weighted by Crippen LogP contribution is 2.43. The molecule has 1 fully saturated rings. The molecule has 0 saturated carbocycles. The van der Waals surface area contributed by atoms with Gasteiger partial charge in [-0.15, -0.1) is 0 Å². The summed E-state index contributed by atoms with van der Waals surface area (Å²) in [6.07, 6.45) is 1.26. The molecule has 2 aliphatic heterocycles. The van der Waals surface area contributed by atoms with Crippen molar-refractivity contribution in [3.05, 3.63) is 33.0 Å². The molecule has 0 N–H and O–H groups in total. The summed E-state index contributed by atoms with van der Waals surface area (Å²) in [7, 11) is 1.71. The molecule has 0 bridgehead atoms. The number of benzene rings is 1. The number of ether oxygens (including phenoxy) is 2. The predicted molar refractivity (Wildman–Crippen MR) is 84.4 cm³/mol. The van der Waals surface area contributed by atoms with E-state index in [4.69, 9.17) is 9.47 Å². The third-order valence-electron chi connectivity index (χ3n) is 4.66. The van der Waals surface area contributed by atoms with Crippen molar-refractivity contribution >= 4 is 37.9 Å². The van der Waals surface area contributed by atoms with Gasteiger partial charge in [-0.1, -0.05) is 0 Å². The van der Waals surface area contributed by atoms with E-state index in [9.17, 15) is 9.18 Å². The lowest BCUT2D eigenvalue weighted by atomic mass is 10.1. The van der Waals surface area contributed by atoms with Gasteiger partial charge in [-0.2, -0.15) is 0 Å². The number of pyridine rings is 1. The van der Waals surface area contributed by atoms with Crippen LogP contribution in [0.1, 0.15) is 6.04 Å². The van der Waals surface area contributed by atoms with Crippen molar-refractivity contribution in [1.82, 2.24) is 14.1 Å². The van der Waals surface area contributed by atoms with E-state index in [0.29, 0.717) is 35.4 Å². The quantitative estimate of drug-likeness (QED) is 0.600. The number of rotatable bonds is 0. The van der Waals surface area contributed by atoms with E-state index >= 15 is 0 Å². The molecule has 0 amide bonds. The molecule has 6 nitrogen and oxygen atoms in total. The summed E-state index contributed by atoms with van der Waals surface area (Å²) in [6, 6.07) is 1.12. The average Bonchev–Trinajstić information content (AvgIpc) is 3.03. The maximum atomic E-state index is 14.2. The molecule has 118 valence electrons. The number of fused-ring (bicyclic) bond motifs is 2.